The lowest BCUT2D eigenvalue weighted by molar-refractivity contribution is -0.140. The van der Waals surface area contributed by atoms with Crippen LogP contribution in [0.3, 0.4) is 0 Å². The molecule has 40 heavy (non-hydrogen) atoms. The van der Waals surface area contributed by atoms with Crippen molar-refractivity contribution >= 4 is 17.4 Å². The van der Waals surface area contributed by atoms with Gasteiger partial charge in [-0.25, -0.2) is 0 Å². The van der Waals surface area contributed by atoms with Crippen LogP contribution in [0.15, 0.2) is 48.0 Å². The molecule has 2 aliphatic heterocycles. The van der Waals surface area contributed by atoms with Crippen LogP contribution in [0.5, 0.6) is 11.5 Å². The first-order valence-electron chi connectivity index (χ1n) is 14.5. The summed E-state index contributed by atoms with van der Waals surface area (Å²) in [6.07, 6.45) is 4.00. The number of rotatable bonds is 13. The van der Waals surface area contributed by atoms with Crippen LogP contribution in [0.25, 0.3) is 5.76 Å². The molecule has 0 saturated carbocycles. The number of benzene rings is 2. The van der Waals surface area contributed by atoms with E-state index in [1.807, 2.05) is 37.3 Å². The van der Waals surface area contributed by atoms with Gasteiger partial charge >= 0.3 is 0 Å². The van der Waals surface area contributed by atoms with E-state index in [1.165, 1.54) is 0 Å². The number of nitrogens with zero attached hydrogens (tertiary/aromatic N) is 2. The van der Waals surface area contributed by atoms with Crippen LogP contribution in [-0.4, -0.2) is 79.2 Å². The molecule has 2 fully saturated rings. The highest BCUT2D eigenvalue weighted by atomic mass is 16.5. The number of aryl methyl sites for hydroxylation is 1. The summed E-state index contributed by atoms with van der Waals surface area (Å²) in [6, 6.07) is 12.1. The first-order valence-corrected chi connectivity index (χ1v) is 14.5. The fraction of sp³-hybridized carbons (Fsp3) is 0.500. The zero-order valence-electron chi connectivity index (χ0n) is 24.0. The Balaban J connectivity index is 1.66. The molecule has 1 N–H and O–H groups in total. The molecule has 1 atom stereocenters. The van der Waals surface area contributed by atoms with Crippen molar-refractivity contribution < 1.29 is 28.9 Å². The maximum atomic E-state index is 13.4. The molecule has 0 spiro atoms. The van der Waals surface area contributed by atoms with Crippen LogP contribution in [0.2, 0.25) is 0 Å². The van der Waals surface area contributed by atoms with E-state index in [0.29, 0.717) is 45.1 Å². The summed E-state index contributed by atoms with van der Waals surface area (Å²) in [5, 5.41) is 11.5. The minimum atomic E-state index is -0.702. The van der Waals surface area contributed by atoms with Crippen LogP contribution in [0.4, 0.5) is 0 Å². The fourth-order valence-corrected chi connectivity index (χ4v) is 5.05. The molecular formula is C32H42N2O6. The van der Waals surface area contributed by atoms with Crippen LogP contribution < -0.4 is 9.47 Å². The average Bonchev–Trinajstić information content (AvgIpc) is 3.22. The number of hydrogen-bond acceptors (Lipinski definition) is 7. The summed E-state index contributed by atoms with van der Waals surface area (Å²) in [6.45, 7) is 11.2. The molecule has 2 aromatic carbocycles. The molecule has 0 radical (unpaired) electrons. The van der Waals surface area contributed by atoms with Crippen LogP contribution in [0.1, 0.15) is 62.3 Å². The maximum Gasteiger partial charge on any atom is 0.295 e. The Labute approximate surface area is 237 Å². The van der Waals surface area contributed by atoms with Gasteiger partial charge in [-0.2, -0.15) is 0 Å². The molecule has 0 aliphatic carbocycles. The van der Waals surface area contributed by atoms with Gasteiger partial charge in [0.15, 0.2) is 0 Å². The normalized spacial score (nSPS) is 19.3. The third-order valence-electron chi connectivity index (χ3n) is 7.47. The van der Waals surface area contributed by atoms with E-state index in [4.69, 9.17) is 14.2 Å². The van der Waals surface area contributed by atoms with Crippen LogP contribution in [0, 0.1) is 6.92 Å². The average molecular weight is 551 g/mol. The molecule has 4 rings (SSSR count). The van der Waals surface area contributed by atoms with E-state index in [1.54, 1.807) is 17.0 Å². The number of carbonyl (C=O) groups is 2. The molecule has 2 saturated heterocycles. The van der Waals surface area contributed by atoms with Gasteiger partial charge < -0.3 is 24.2 Å². The molecule has 8 heteroatoms. The highest BCUT2D eigenvalue weighted by Crippen LogP contribution is 2.40. The van der Waals surface area contributed by atoms with Crippen molar-refractivity contribution in [2.75, 3.05) is 52.6 Å². The SMILES string of the molecule is CCCCOc1ccc(C2C(=C(O)c3ccc(OCCCC)c(C)c3)C(=O)C(=O)N2CCN2CCOCC2)cc1. The van der Waals surface area contributed by atoms with Crippen molar-refractivity contribution in [3.05, 3.63) is 64.7 Å². The number of aliphatic hydroxyl groups is 1. The second-order valence-corrected chi connectivity index (χ2v) is 10.4. The van der Waals surface area contributed by atoms with E-state index >= 15 is 0 Å². The van der Waals surface area contributed by atoms with Gasteiger partial charge in [0, 0.05) is 31.7 Å². The van der Waals surface area contributed by atoms with Crippen LogP contribution in [-0.2, 0) is 14.3 Å². The summed E-state index contributed by atoms with van der Waals surface area (Å²) >= 11 is 0. The van der Waals surface area contributed by atoms with Gasteiger partial charge in [0.05, 0.1) is 38.0 Å². The minimum absolute atomic E-state index is 0.102. The second kappa shape index (κ2) is 14.3. The fourth-order valence-electron chi connectivity index (χ4n) is 5.05. The second-order valence-electron chi connectivity index (χ2n) is 10.4. The minimum Gasteiger partial charge on any atom is -0.507 e. The van der Waals surface area contributed by atoms with E-state index in [9.17, 15) is 14.7 Å². The number of unbranched alkanes of at least 4 members (excludes halogenated alkanes) is 2. The number of morpholine rings is 1. The zero-order valence-corrected chi connectivity index (χ0v) is 24.0. The largest absolute Gasteiger partial charge is 0.507 e. The molecular weight excluding hydrogens is 508 g/mol. The van der Waals surface area contributed by atoms with Gasteiger partial charge in [-0.15, -0.1) is 0 Å². The van der Waals surface area contributed by atoms with Crippen molar-refractivity contribution in [1.82, 2.24) is 9.80 Å². The predicted molar refractivity (Wildman–Crippen MR) is 155 cm³/mol. The third-order valence-corrected chi connectivity index (χ3v) is 7.47. The smallest absolute Gasteiger partial charge is 0.295 e. The Morgan fingerprint density at radius 2 is 1.62 bits per heavy atom. The van der Waals surface area contributed by atoms with Crippen molar-refractivity contribution in [2.24, 2.45) is 0 Å². The number of amides is 1. The van der Waals surface area contributed by atoms with Crippen molar-refractivity contribution in [3.8, 4) is 11.5 Å². The summed E-state index contributed by atoms with van der Waals surface area (Å²) in [5.74, 6) is 0.0274. The van der Waals surface area contributed by atoms with Gasteiger partial charge in [0.1, 0.15) is 17.3 Å². The monoisotopic (exact) mass is 550 g/mol. The van der Waals surface area contributed by atoms with Gasteiger partial charge in [0.2, 0.25) is 0 Å². The molecule has 1 amide bonds. The topological polar surface area (TPSA) is 88.5 Å². The molecule has 0 bridgehead atoms. The van der Waals surface area contributed by atoms with E-state index in [2.05, 4.69) is 18.7 Å². The maximum absolute atomic E-state index is 13.4. The molecule has 2 aromatic rings. The molecule has 0 aromatic heterocycles. The quantitative estimate of drug-likeness (QED) is 0.161. The van der Waals surface area contributed by atoms with Gasteiger partial charge in [-0.3, -0.25) is 14.5 Å². The number of likely N-dealkylation sites (tertiary alicyclic amines) is 1. The number of ether oxygens (including phenoxy) is 3. The number of carbonyl (C=O) groups excluding carboxylic acids is 2. The first kappa shape index (κ1) is 29.6. The zero-order chi connectivity index (χ0) is 28.5. The molecule has 2 aliphatic rings. The summed E-state index contributed by atoms with van der Waals surface area (Å²) < 4.78 is 17.1. The van der Waals surface area contributed by atoms with E-state index < -0.39 is 17.7 Å². The lowest BCUT2D eigenvalue weighted by Gasteiger charge is -2.31. The van der Waals surface area contributed by atoms with Crippen molar-refractivity contribution in [3.63, 3.8) is 0 Å². The van der Waals surface area contributed by atoms with Gasteiger partial charge in [-0.05, 0) is 61.2 Å². The number of ketones is 1. The summed E-state index contributed by atoms with van der Waals surface area (Å²) in [4.78, 5) is 30.6. The lowest BCUT2D eigenvalue weighted by atomic mass is 9.94. The number of hydrogen-bond donors (Lipinski definition) is 1. The standard InChI is InChI=1S/C32H42N2O6/c1-4-6-18-39-26-11-8-24(9-12-26)29-28(30(35)25-10-13-27(23(3)22-25)40-19-7-5-2)31(36)32(37)34(29)15-14-33-16-20-38-21-17-33/h8-13,22,29,35H,4-7,14-21H2,1-3H3. The van der Waals surface area contributed by atoms with Crippen LogP contribution >= 0.6 is 0 Å². The van der Waals surface area contributed by atoms with E-state index in [-0.39, 0.29) is 11.3 Å². The molecule has 8 nitrogen and oxygen atoms in total. The molecule has 216 valence electrons. The molecule has 1 unspecified atom stereocenters. The number of Topliss-reactive ketones (excluding diaryl/α,β-unsaturated/α-hetero) is 1. The first-order chi connectivity index (χ1) is 19.4. The lowest BCUT2D eigenvalue weighted by Crippen LogP contribution is -2.42. The Morgan fingerprint density at radius 3 is 2.27 bits per heavy atom. The Bertz CT molecular complexity index is 1190. The van der Waals surface area contributed by atoms with Crippen molar-refractivity contribution in [2.45, 2.75) is 52.5 Å². The Kier molecular flexibility index (Phi) is 10.6. The highest BCUT2D eigenvalue weighted by Gasteiger charge is 2.46. The number of aliphatic hydroxyl groups excluding tert-OH is 1. The van der Waals surface area contributed by atoms with Gasteiger partial charge in [0.25, 0.3) is 11.7 Å². The Morgan fingerprint density at radius 1 is 0.950 bits per heavy atom. The molecule has 2 heterocycles. The van der Waals surface area contributed by atoms with E-state index in [0.717, 1.165) is 61.4 Å². The third kappa shape index (κ3) is 7.04. The predicted octanol–water partition coefficient (Wildman–Crippen LogP) is 5.11. The van der Waals surface area contributed by atoms with Crippen molar-refractivity contribution in [1.29, 1.82) is 0 Å². The van der Waals surface area contributed by atoms with Gasteiger partial charge in [-0.1, -0.05) is 38.8 Å². The Hall–Kier alpha value is -3.36. The summed E-state index contributed by atoms with van der Waals surface area (Å²) in [5.41, 5.74) is 2.19. The highest BCUT2D eigenvalue weighted by molar-refractivity contribution is 6.46. The summed E-state index contributed by atoms with van der Waals surface area (Å²) in [7, 11) is 0.